The van der Waals surface area contributed by atoms with E-state index in [1.165, 1.54) is 0 Å². The van der Waals surface area contributed by atoms with Crippen LogP contribution in [0.5, 0.6) is 0 Å². The topological polar surface area (TPSA) is 34.9 Å². The molecule has 0 unspecified atom stereocenters. The standard InChI is InChI=1S/C18H16N2OS/c1-20-17(12-16(19-20)14-8-4-2-5-9-14)18(21)13-22-15-10-6-3-7-11-15/h2-12H,13H2,1H3. The van der Waals surface area contributed by atoms with Crippen molar-refractivity contribution in [3.63, 3.8) is 0 Å². The summed E-state index contributed by atoms with van der Waals surface area (Å²) >= 11 is 1.55. The second-order valence-electron chi connectivity index (χ2n) is 4.93. The van der Waals surface area contributed by atoms with Crippen LogP contribution in [0.25, 0.3) is 11.3 Å². The molecule has 0 fully saturated rings. The number of carbonyl (C=O) groups excluding carboxylic acids is 1. The maximum absolute atomic E-state index is 12.4. The van der Waals surface area contributed by atoms with Crippen LogP contribution in [-0.4, -0.2) is 21.3 Å². The molecule has 4 heteroatoms. The minimum atomic E-state index is 0.0889. The summed E-state index contributed by atoms with van der Waals surface area (Å²) in [5.74, 6) is 0.503. The van der Waals surface area contributed by atoms with Crippen LogP contribution in [0, 0.1) is 0 Å². The number of nitrogens with zero attached hydrogens (tertiary/aromatic N) is 2. The first-order valence-corrected chi connectivity index (χ1v) is 8.03. The molecule has 1 aromatic heterocycles. The predicted octanol–water partition coefficient (Wildman–Crippen LogP) is 4.06. The number of hydrogen-bond acceptors (Lipinski definition) is 3. The van der Waals surface area contributed by atoms with Crippen molar-refractivity contribution in [3.8, 4) is 11.3 Å². The van der Waals surface area contributed by atoms with Crippen LogP contribution < -0.4 is 0 Å². The highest BCUT2D eigenvalue weighted by atomic mass is 32.2. The number of thioether (sulfide) groups is 1. The van der Waals surface area contributed by atoms with Crippen molar-refractivity contribution >= 4 is 17.5 Å². The van der Waals surface area contributed by atoms with Crippen molar-refractivity contribution < 1.29 is 4.79 Å². The van der Waals surface area contributed by atoms with E-state index >= 15 is 0 Å². The lowest BCUT2D eigenvalue weighted by Gasteiger charge is -2.01. The third-order valence-electron chi connectivity index (χ3n) is 3.35. The maximum Gasteiger partial charge on any atom is 0.191 e. The van der Waals surface area contributed by atoms with Gasteiger partial charge in [-0.2, -0.15) is 5.10 Å². The normalized spacial score (nSPS) is 10.6. The van der Waals surface area contributed by atoms with E-state index in [0.29, 0.717) is 11.4 Å². The van der Waals surface area contributed by atoms with Crippen molar-refractivity contribution in [1.82, 2.24) is 9.78 Å². The molecule has 0 saturated carbocycles. The van der Waals surface area contributed by atoms with E-state index in [-0.39, 0.29) is 5.78 Å². The first-order chi connectivity index (χ1) is 10.7. The zero-order chi connectivity index (χ0) is 15.4. The van der Waals surface area contributed by atoms with Crippen LogP contribution in [0.4, 0.5) is 0 Å². The van der Waals surface area contributed by atoms with E-state index in [1.54, 1.807) is 16.4 Å². The second-order valence-corrected chi connectivity index (χ2v) is 5.98. The number of hydrogen-bond donors (Lipinski definition) is 0. The number of carbonyl (C=O) groups is 1. The van der Waals surface area contributed by atoms with Crippen LogP contribution in [0.2, 0.25) is 0 Å². The lowest BCUT2D eigenvalue weighted by molar-refractivity contribution is 0.101. The number of rotatable bonds is 5. The lowest BCUT2D eigenvalue weighted by Crippen LogP contribution is -2.08. The largest absolute Gasteiger partial charge is 0.292 e. The Hall–Kier alpha value is -2.33. The van der Waals surface area contributed by atoms with Crippen LogP contribution >= 0.6 is 11.8 Å². The highest BCUT2D eigenvalue weighted by molar-refractivity contribution is 8.00. The molecule has 0 aliphatic carbocycles. The van der Waals surface area contributed by atoms with Gasteiger partial charge in [0.1, 0.15) is 5.69 Å². The highest BCUT2D eigenvalue weighted by Gasteiger charge is 2.14. The Morgan fingerprint density at radius 1 is 1.05 bits per heavy atom. The van der Waals surface area contributed by atoms with Crippen LogP contribution in [0.3, 0.4) is 0 Å². The highest BCUT2D eigenvalue weighted by Crippen LogP contribution is 2.21. The van der Waals surface area contributed by atoms with Gasteiger partial charge in [0, 0.05) is 17.5 Å². The first-order valence-electron chi connectivity index (χ1n) is 7.04. The molecule has 1 heterocycles. The van der Waals surface area contributed by atoms with Gasteiger partial charge in [0.25, 0.3) is 0 Å². The van der Waals surface area contributed by atoms with Gasteiger partial charge in [-0.25, -0.2) is 0 Å². The Kier molecular flexibility index (Phi) is 4.39. The van der Waals surface area contributed by atoms with Crippen molar-refractivity contribution in [1.29, 1.82) is 0 Å². The molecule has 110 valence electrons. The van der Waals surface area contributed by atoms with Crippen molar-refractivity contribution in [2.24, 2.45) is 7.05 Å². The van der Waals surface area contributed by atoms with Gasteiger partial charge in [0.05, 0.1) is 11.4 Å². The molecule has 0 amide bonds. The molecule has 3 rings (SSSR count). The molecule has 0 atom stereocenters. The minimum Gasteiger partial charge on any atom is -0.292 e. The fraction of sp³-hybridized carbons (Fsp3) is 0.111. The van der Waals surface area contributed by atoms with Gasteiger partial charge in [-0.1, -0.05) is 48.5 Å². The average molecular weight is 308 g/mol. The minimum absolute atomic E-state index is 0.0889. The van der Waals surface area contributed by atoms with Gasteiger partial charge in [-0.05, 0) is 18.2 Å². The second kappa shape index (κ2) is 6.62. The van der Waals surface area contributed by atoms with Crippen LogP contribution in [-0.2, 0) is 7.05 Å². The van der Waals surface area contributed by atoms with E-state index in [9.17, 15) is 4.79 Å². The summed E-state index contributed by atoms with van der Waals surface area (Å²) in [6, 6.07) is 21.7. The Bertz CT molecular complexity index is 766. The molecule has 2 aromatic carbocycles. The van der Waals surface area contributed by atoms with E-state index in [0.717, 1.165) is 16.2 Å². The SMILES string of the molecule is Cn1nc(-c2ccccc2)cc1C(=O)CSc1ccccc1. The summed E-state index contributed by atoms with van der Waals surface area (Å²) < 4.78 is 1.66. The molecular formula is C18H16N2OS. The number of benzene rings is 2. The molecule has 0 spiro atoms. The van der Waals surface area contributed by atoms with Gasteiger partial charge >= 0.3 is 0 Å². The summed E-state index contributed by atoms with van der Waals surface area (Å²) in [6.45, 7) is 0. The number of aromatic nitrogens is 2. The Labute approximate surface area is 134 Å². The van der Waals surface area contributed by atoms with Crippen LogP contribution in [0.15, 0.2) is 71.6 Å². The van der Waals surface area contributed by atoms with Crippen molar-refractivity contribution in [3.05, 3.63) is 72.4 Å². The van der Waals surface area contributed by atoms with Crippen LogP contribution in [0.1, 0.15) is 10.5 Å². The molecule has 3 aromatic rings. The molecule has 0 saturated heterocycles. The monoisotopic (exact) mass is 308 g/mol. The van der Waals surface area contributed by atoms with E-state index in [4.69, 9.17) is 0 Å². The molecule has 0 radical (unpaired) electrons. The van der Waals surface area contributed by atoms with E-state index in [1.807, 2.05) is 73.8 Å². The molecule has 0 aliphatic heterocycles. The third kappa shape index (κ3) is 3.28. The van der Waals surface area contributed by atoms with E-state index in [2.05, 4.69) is 5.10 Å². The Balaban J connectivity index is 1.74. The number of Topliss-reactive ketones (excluding diaryl/α,β-unsaturated/α-hetero) is 1. The van der Waals surface area contributed by atoms with Crippen molar-refractivity contribution in [2.75, 3.05) is 5.75 Å². The summed E-state index contributed by atoms with van der Waals surface area (Å²) in [5, 5.41) is 4.44. The molecule has 3 nitrogen and oxygen atoms in total. The van der Waals surface area contributed by atoms with Gasteiger partial charge in [-0.3, -0.25) is 9.48 Å². The first kappa shape index (κ1) is 14.6. The molecular weight excluding hydrogens is 292 g/mol. The number of ketones is 1. The summed E-state index contributed by atoms with van der Waals surface area (Å²) in [5.41, 5.74) is 2.49. The summed E-state index contributed by atoms with van der Waals surface area (Å²) in [7, 11) is 1.81. The summed E-state index contributed by atoms with van der Waals surface area (Å²) in [4.78, 5) is 13.5. The third-order valence-corrected chi connectivity index (χ3v) is 4.36. The Morgan fingerprint density at radius 3 is 2.36 bits per heavy atom. The fourth-order valence-corrected chi connectivity index (χ4v) is 3.01. The quantitative estimate of drug-likeness (QED) is 0.526. The fourth-order valence-electron chi connectivity index (χ4n) is 2.22. The smallest absolute Gasteiger partial charge is 0.191 e. The number of aryl methyl sites for hydroxylation is 1. The predicted molar refractivity (Wildman–Crippen MR) is 90.1 cm³/mol. The van der Waals surface area contributed by atoms with Crippen molar-refractivity contribution in [2.45, 2.75) is 4.90 Å². The average Bonchev–Trinajstić information content (AvgIpc) is 2.96. The zero-order valence-electron chi connectivity index (χ0n) is 12.3. The van der Waals surface area contributed by atoms with Gasteiger partial charge in [-0.15, -0.1) is 11.8 Å². The van der Waals surface area contributed by atoms with E-state index < -0.39 is 0 Å². The molecule has 22 heavy (non-hydrogen) atoms. The summed E-state index contributed by atoms with van der Waals surface area (Å²) in [6.07, 6.45) is 0. The van der Waals surface area contributed by atoms with Gasteiger partial charge in [0.15, 0.2) is 5.78 Å². The Morgan fingerprint density at radius 2 is 1.68 bits per heavy atom. The lowest BCUT2D eigenvalue weighted by atomic mass is 10.1. The zero-order valence-corrected chi connectivity index (χ0v) is 13.1. The molecule has 0 N–H and O–H groups in total. The maximum atomic E-state index is 12.4. The molecule has 0 aliphatic rings. The van der Waals surface area contributed by atoms with Gasteiger partial charge in [0.2, 0.25) is 0 Å². The van der Waals surface area contributed by atoms with Gasteiger partial charge < -0.3 is 0 Å². The molecule has 0 bridgehead atoms.